The van der Waals surface area contributed by atoms with Gasteiger partial charge in [0, 0.05) is 22.3 Å². The van der Waals surface area contributed by atoms with E-state index >= 15 is 0 Å². The molecule has 0 atom stereocenters. The molecule has 0 N–H and O–H groups in total. The second-order valence-corrected chi connectivity index (χ2v) is 9.05. The minimum absolute atomic E-state index is 0.141. The van der Waals surface area contributed by atoms with Crippen LogP contribution in [0.5, 0.6) is 0 Å². The molecule has 2 aromatic carbocycles. The number of pyridine rings is 1. The summed E-state index contributed by atoms with van der Waals surface area (Å²) in [6, 6.07) is 16.5. The average Bonchev–Trinajstić information content (AvgIpc) is 3.25. The van der Waals surface area contributed by atoms with E-state index in [0.717, 1.165) is 23.9 Å². The Morgan fingerprint density at radius 2 is 1.70 bits per heavy atom. The zero-order valence-corrected chi connectivity index (χ0v) is 19.3. The normalized spacial score (nSPS) is 12.2. The van der Waals surface area contributed by atoms with E-state index in [-0.39, 0.29) is 22.8 Å². The van der Waals surface area contributed by atoms with E-state index in [4.69, 9.17) is 4.52 Å². The lowest BCUT2D eigenvalue weighted by Crippen LogP contribution is -2.36. The Bertz CT molecular complexity index is 1340. The van der Waals surface area contributed by atoms with Gasteiger partial charge < -0.3 is 9.09 Å². The Hall–Kier alpha value is -3.20. The first-order valence-corrected chi connectivity index (χ1v) is 10.8. The van der Waals surface area contributed by atoms with Gasteiger partial charge in [0.05, 0.1) is 17.5 Å². The molecule has 0 unspecified atom stereocenters. The fourth-order valence-corrected chi connectivity index (χ4v) is 3.72. The van der Waals surface area contributed by atoms with Crippen LogP contribution in [0.3, 0.4) is 0 Å². The quantitative estimate of drug-likeness (QED) is 0.315. The zero-order chi connectivity index (χ0) is 23.8. The van der Waals surface area contributed by atoms with Crippen molar-refractivity contribution < 1.29 is 17.7 Å². The van der Waals surface area contributed by atoms with Crippen LogP contribution in [0.15, 0.2) is 80.7 Å². The molecule has 0 aliphatic heterocycles. The van der Waals surface area contributed by atoms with E-state index in [1.807, 2.05) is 24.3 Å². The summed E-state index contributed by atoms with van der Waals surface area (Å²) < 4.78 is 47.7. The first kappa shape index (κ1) is 23.0. The Morgan fingerprint density at radius 1 is 1.00 bits per heavy atom. The zero-order valence-electron chi connectivity index (χ0n) is 17.7. The van der Waals surface area contributed by atoms with E-state index in [1.54, 1.807) is 12.3 Å². The highest BCUT2D eigenvalue weighted by molar-refractivity contribution is 9.10. The molecule has 5 nitrogen and oxygen atoms in total. The van der Waals surface area contributed by atoms with Crippen LogP contribution in [0.4, 0.5) is 13.2 Å². The summed E-state index contributed by atoms with van der Waals surface area (Å²) in [4.78, 5) is 16.7. The predicted molar refractivity (Wildman–Crippen MR) is 122 cm³/mol. The smallest absolute Gasteiger partial charge is 0.334 e. The van der Waals surface area contributed by atoms with Crippen molar-refractivity contribution in [1.82, 2.24) is 14.7 Å². The highest BCUT2D eigenvalue weighted by atomic mass is 79.9. The van der Waals surface area contributed by atoms with E-state index < -0.39 is 11.6 Å². The maximum Gasteiger partial charge on any atom is 0.397 e. The molecule has 170 valence electrons. The molecule has 0 saturated heterocycles. The molecule has 0 fully saturated rings. The van der Waals surface area contributed by atoms with Gasteiger partial charge in [-0.3, -0.25) is 4.79 Å². The van der Waals surface area contributed by atoms with E-state index in [0.29, 0.717) is 17.7 Å². The van der Waals surface area contributed by atoms with Gasteiger partial charge in [-0.05, 0) is 43.2 Å². The Balaban J connectivity index is 1.59. The molecule has 0 aliphatic carbocycles. The van der Waals surface area contributed by atoms with Crippen LogP contribution < -0.4 is 5.56 Å². The van der Waals surface area contributed by atoms with Crippen molar-refractivity contribution in [3.05, 3.63) is 92.8 Å². The summed E-state index contributed by atoms with van der Waals surface area (Å²) in [5.74, 6) is 0.443. The maximum atomic E-state index is 13.3. The minimum Gasteiger partial charge on any atom is -0.334 e. The standard InChI is InChI=1S/C24H19BrF3N3O2/c1-23(2,24(26,27)28)18-9-6-16(7-10-18)21-29-22(33-30-21)17-8-11-20(32)31(14-17)13-15-4-3-5-19(25)12-15/h3-12,14H,13H2,1-2H3. The van der Waals surface area contributed by atoms with Gasteiger partial charge in [-0.2, -0.15) is 18.2 Å². The number of rotatable bonds is 5. The van der Waals surface area contributed by atoms with Crippen LogP contribution in [0, 0.1) is 0 Å². The van der Waals surface area contributed by atoms with Crippen LogP contribution in [0.25, 0.3) is 22.8 Å². The fourth-order valence-electron chi connectivity index (χ4n) is 3.27. The molecule has 0 spiro atoms. The summed E-state index contributed by atoms with van der Waals surface area (Å²) in [6.45, 7) is 2.64. The number of alkyl halides is 3. The first-order chi connectivity index (χ1) is 15.5. The number of hydrogen-bond acceptors (Lipinski definition) is 4. The monoisotopic (exact) mass is 517 g/mol. The summed E-state index contributed by atoms with van der Waals surface area (Å²) in [5, 5.41) is 3.95. The Morgan fingerprint density at radius 3 is 2.36 bits per heavy atom. The highest BCUT2D eigenvalue weighted by Crippen LogP contribution is 2.40. The lowest BCUT2D eigenvalue weighted by atomic mass is 9.83. The molecule has 0 radical (unpaired) electrons. The number of halogens is 4. The number of benzene rings is 2. The minimum atomic E-state index is -4.37. The van der Waals surface area contributed by atoms with Gasteiger partial charge in [0.25, 0.3) is 11.4 Å². The molecule has 0 aliphatic rings. The van der Waals surface area contributed by atoms with E-state index in [9.17, 15) is 18.0 Å². The van der Waals surface area contributed by atoms with Crippen molar-refractivity contribution >= 4 is 15.9 Å². The molecule has 4 aromatic rings. The fraction of sp³-hybridized carbons (Fsp3) is 0.208. The summed E-state index contributed by atoms with van der Waals surface area (Å²) in [6.07, 6.45) is -2.73. The van der Waals surface area contributed by atoms with Gasteiger partial charge in [0.2, 0.25) is 5.82 Å². The predicted octanol–water partition coefficient (Wildman–Crippen LogP) is 6.22. The van der Waals surface area contributed by atoms with Gasteiger partial charge in [-0.25, -0.2) is 0 Å². The molecule has 0 amide bonds. The van der Waals surface area contributed by atoms with Crippen molar-refractivity contribution in [3.8, 4) is 22.8 Å². The second-order valence-electron chi connectivity index (χ2n) is 8.14. The van der Waals surface area contributed by atoms with Gasteiger partial charge in [0.1, 0.15) is 0 Å². The SMILES string of the molecule is CC(C)(c1ccc(-c2noc(-c3ccc(=O)n(Cc4cccc(Br)c4)c3)n2)cc1)C(F)(F)F. The Kier molecular flexibility index (Phi) is 6.00. The van der Waals surface area contributed by atoms with Crippen molar-refractivity contribution in [2.24, 2.45) is 0 Å². The van der Waals surface area contributed by atoms with Crippen LogP contribution in [-0.4, -0.2) is 20.9 Å². The third-order valence-corrected chi connectivity index (χ3v) is 5.97. The van der Waals surface area contributed by atoms with Crippen LogP contribution in [0.1, 0.15) is 25.0 Å². The molecule has 4 rings (SSSR count). The first-order valence-electron chi connectivity index (χ1n) is 10.0. The third-order valence-electron chi connectivity index (χ3n) is 5.47. The molecule has 9 heteroatoms. The van der Waals surface area contributed by atoms with Gasteiger partial charge in [-0.1, -0.05) is 57.5 Å². The topological polar surface area (TPSA) is 60.9 Å². The number of hydrogen-bond donors (Lipinski definition) is 0. The van der Waals surface area contributed by atoms with E-state index in [1.165, 1.54) is 34.9 Å². The molecular formula is C24H19BrF3N3O2. The average molecular weight is 518 g/mol. The molecule has 0 bridgehead atoms. The molecule has 33 heavy (non-hydrogen) atoms. The number of aromatic nitrogens is 3. The molecule has 2 aromatic heterocycles. The van der Waals surface area contributed by atoms with Crippen molar-refractivity contribution in [2.45, 2.75) is 32.0 Å². The van der Waals surface area contributed by atoms with Crippen molar-refractivity contribution in [3.63, 3.8) is 0 Å². The Labute approximate surface area is 196 Å². The third kappa shape index (κ3) is 4.78. The van der Waals surface area contributed by atoms with E-state index in [2.05, 4.69) is 26.1 Å². The second kappa shape index (κ2) is 8.62. The molecule has 0 saturated carbocycles. The number of nitrogens with zero attached hydrogens (tertiary/aromatic N) is 3. The van der Waals surface area contributed by atoms with Crippen LogP contribution >= 0.6 is 15.9 Å². The molecule has 2 heterocycles. The van der Waals surface area contributed by atoms with Gasteiger partial charge in [0.15, 0.2) is 0 Å². The maximum absolute atomic E-state index is 13.3. The van der Waals surface area contributed by atoms with Gasteiger partial charge >= 0.3 is 6.18 Å². The summed E-state index contributed by atoms with van der Waals surface area (Å²) >= 11 is 3.42. The summed E-state index contributed by atoms with van der Waals surface area (Å²) in [7, 11) is 0. The lowest BCUT2D eigenvalue weighted by molar-refractivity contribution is -0.180. The molecular weight excluding hydrogens is 499 g/mol. The van der Waals surface area contributed by atoms with Crippen molar-refractivity contribution in [1.29, 1.82) is 0 Å². The largest absolute Gasteiger partial charge is 0.397 e. The van der Waals surface area contributed by atoms with Gasteiger partial charge in [-0.15, -0.1) is 0 Å². The summed E-state index contributed by atoms with van der Waals surface area (Å²) in [5.41, 5.74) is 0.00295. The lowest BCUT2D eigenvalue weighted by Gasteiger charge is -2.28. The van der Waals surface area contributed by atoms with Crippen LogP contribution in [-0.2, 0) is 12.0 Å². The van der Waals surface area contributed by atoms with Crippen LogP contribution in [0.2, 0.25) is 0 Å². The highest BCUT2D eigenvalue weighted by Gasteiger charge is 2.48. The van der Waals surface area contributed by atoms with Crippen molar-refractivity contribution in [2.75, 3.05) is 0 Å².